The number of aliphatic hydroxyl groups is 2. The highest BCUT2D eigenvalue weighted by Crippen LogP contribution is 2.18. The molecule has 0 saturated heterocycles. The number of aliphatic hydroxyl groups excluding tert-OH is 2. The number of aromatic carboxylic acids is 2. The fourth-order valence-corrected chi connectivity index (χ4v) is 1.31. The molecule has 0 aromatic heterocycles. The van der Waals surface area contributed by atoms with Crippen molar-refractivity contribution in [3.63, 3.8) is 0 Å². The van der Waals surface area contributed by atoms with Crippen molar-refractivity contribution in [3.8, 4) is 5.75 Å². The zero-order valence-electron chi connectivity index (χ0n) is 9.94. The summed E-state index contributed by atoms with van der Waals surface area (Å²) in [5, 5.41) is 35.4. The molecule has 1 aromatic carbocycles. The third-order valence-electron chi connectivity index (χ3n) is 2.40. The van der Waals surface area contributed by atoms with Crippen molar-refractivity contribution in [3.05, 3.63) is 29.3 Å². The minimum absolute atomic E-state index is 0.0465. The molecule has 1 rings (SSSR count). The van der Waals surface area contributed by atoms with Crippen molar-refractivity contribution in [2.75, 3.05) is 19.8 Å². The van der Waals surface area contributed by atoms with E-state index in [1.807, 2.05) is 0 Å². The predicted molar refractivity (Wildman–Crippen MR) is 63.5 cm³/mol. The summed E-state index contributed by atoms with van der Waals surface area (Å²) in [7, 11) is 0. The van der Waals surface area contributed by atoms with E-state index in [-0.39, 0.29) is 36.7 Å². The molecule has 0 aliphatic heterocycles. The molecule has 1 aromatic rings. The Morgan fingerprint density at radius 2 is 1.47 bits per heavy atom. The number of carboxylic acid groups (broad SMARTS) is 2. The quantitative estimate of drug-likeness (QED) is 0.552. The van der Waals surface area contributed by atoms with Crippen molar-refractivity contribution >= 4 is 11.9 Å². The Hall–Kier alpha value is -2.12. The first-order chi connectivity index (χ1) is 8.97. The molecule has 7 heteroatoms. The van der Waals surface area contributed by atoms with E-state index in [9.17, 15) is 9.59 Å². The smallest absolute Gasteiger partial charge is 0.335 e. The third-order valence-corrected chi connectivity index (χ3v) is 2.40. The van der Waals surface area contributed by atoms with Crippen molar-refractivity contribution < 1.29 is 34.8 Å². The molecule has 0 saturated carbocycles. The zero-order valence-corrected chi connectivity index (χ0v) is 9.94. The Balaban J connectivity index is 2.93. The molecule has 7 nitrogen and oxygen atoms in total. The molecule has 0 unspecified atom stereocenters. The minimum atomic E-state index is -1.27. The van der Waals surface area contributed by atoms with Gasteiger partial charge in [-0.15, -0.1) is 0 Å². The van der Waals surface area contributed by atoms with Gasteiger partial charge < -0.3 is 25.2 Å². The van der Waals surface area contributed by atoms with Crippen LogP contribution in [-0.4, -0.2) is 52.2 Å². The molecule has 0 amide bonds. The van der Waals surface area contributed by atoms with Gasteiger partial charge in [-0.25, -0.2) is 9.59 Å². The molecule has 0 heterocycles. The van der Waals surface area contributed by atoms with Crippen LogP contribution in [0.1, 0.15) is 20.7 Å². The van der Waals surface area contributed by atoms with Gasteiger partial charge in [-0.1, -0.05) is 0 Å². The first-order valence-electron chi connectivity index (χ1n) is 5.44. The highest BCUT2D eigenvalue weighted by Gasteiger charge is 2.13. The van der Waals surface area contributed by atoms with Crippen molar-refractivity contribution in [2.24, 2.45) is 5.92 Å². The summed E-state index contributed by atoms with van der Waals surface area (Å²) in [6.07, 6.45) is 0. The zero-order chi connectivity index (χ0) is 14.4. The highest BCUT2D eigenvalue weighted by molar-refractivity contribution is 5.94. The maximum Gasteiger partial charge on any atom is 0.335 e. The molecule has 0 aliphatic carbocycles. The maximum atomic E-state index is 10.8. The summed E-state index contributed by atoms with van der Waals surface area (Å²) < 4.78 is 5.18. The summed E-state index contributed by atoms with van der Waals surface area (Å²) in [6, 6.07) is 3.38. The van der Waals surface area contributed by atoms with E-state index >= 15 is 0 Å². The van der Waals surface area contributed by atoms with Gasteiger partial charge in [-0.3, -0.25) is 0 Å². The summed E-state index contributed by atoms with van der Waals surface area (Å²) in [6.45, 7) is -0.628. The van der Waals surface area contributed by atoms with Crippen LogP contribution in [-0.2, 0) is 0 Å². The molecule has 0 aliphatic rings. The second-order valence-corrected chi connectivity index (χ2v) is 3.90. The van der Waals surface area contributed by atoms with Crippen LogP contribution in [0, 0.1) is 5.92 Å². The van der Waals surface area contributed by atoms with Crippen molar-refractivity contribution in [1.82, 2.24) is 0 Å². The van der Waals surface area contributed by atoms with Gasteiger partial charge in [0.25, 0.3) is 0 Å². The van der Waals surface area contributed by atoms with Crippen molar-refractivity contribution in [2.45, 2.75) is 0 Å². The van der Waals surface area contributed by atoms with Gasteiger partial charge in [-0.05, 0) is 18.2 Å². The predicted octanol–water partition coefficient (Wildman–Crippen LogP) is 0.0626. The highest BCUT2D eigenvalue weighted by atomic mass is 16.5. The van der Waals surface area contributed by atoms with Crippen LogP contribution >= 0.6 is 0 Å². The first-order valence-corrected chi connectivity index (χ1v) is 5.44. The molecule has 19 heavy (non-hydrogen) atoms. The van der Waals surface area contributed by atoms with Gasteiger partial charge in [0.1, 0.15) is 5.75 Å². The lowest BCUT2D eigenvalue weighted by molar-refractivity contribution is 0.0694. The average molecular weight is 270 g/mol. The standard InChI is InChI=1S/C12H14O7/c13-4-7(5-14)6-19-10-2-8(11(15)16)1-9(3-10)12(17)18/h1-3,7,13-14H,4-6H2,(H,15,16)(H,17,18). The number of hydrogen-bond donors (Lipinski definition) is 4. The van der Waals surface area contributed by atoms with E-state index in [1.165, 1.54) is 12.1 Å². The van der Waals surface area contributed by atoms with Crippen molar-refractivity contribution in [1.29, 1.82) is 0 Å². The number of hydrogen-bond acceptors (Lipinski definition) is 5. The molecule has 0 atom stereocenters. The van der Waals surface area contributed by atoms with Gasteiger partial charge in [-0.2, -0.15) is 0 Å². The summed E-state index contributed by atoms with van der Waals surface area (Å²) in [5.74, 6) is -2.99. The SMILES string of the molecule is O=C(O)c1cc(OCC(CO)CO)cc(C(=O)O)c1. The molecule has 104 valence electrons. The van der Waals surface area contributed by atoms with E-state index < -0.39 is 17.9 Å². The van der Waals surface area contributed by atoms with Gasteiger partial charge in [0, 0.05) is 5.92 Å². The van der Waals surface area contributed by atoms with Gasteiger partial charge >= 0.3 is 11.9 Å². The van der Waals surface area contributed by atoms with Crippen LogP contribution in [0.3, 0.4) is 0 Å². The van der Waals surface area contributed by atoms with E-state index in [0.717, 1.165) is 6.07 Å². The van der Waals surface area contributed by atoms with Crippen LogP contribution < -0.4 is 4.74 Å². The summed E-state index contributed by atoms with van der Waals surface area (Å²) >= 11 is 0. The number of rotatable bonds is 7. The Kier molecular flexibility index (Phi) is 5.28. The summed E-state index contributed by atoms with van der Waals surface area (Å²) in [4.78, 5) is 21.7. The summed E-state index contributed by atoms with van der Waals surface area (Å²) in [5.41, 5.74) is -0.418. The van der Waals surface area contributed by atoms with E-state index in [4.69, 9.17) is 25.2 Å². The lowest BCUT2D eigenvalue weighted by Gasteiger charge is -2.13. The molecule has 0 fully saturated rings. The molecule has 0 radical (unpaired) electrons. The van der Waals surface area contributed by atoms with Crippen LogP contribution in [0.4, 0.5) is 0 Å². The second-order valence-electron chi connectivity index (χ2n) is 3.90. The maximum absolute atomic E-state index is 10.8. The Morgan fingerprint density at radius 1 is 1.00 bits per heavy atom. The van der Waals surface area contributed by atoms with E-state index in [1.54, 1.807) is 0 Å². The number of benzene rings is 1. The monoisotopic (exact) mass is 270 g/mol. The normalized spacial score (nSPS) is 10.5. The Bertz CT molecular complexity index is 433. The van der Waals surface area contributed by atoms with Crippen LogP contribution in [0.5, 0.6) is 5.75 Å². The van der Waals surface area contributed by atoms with Crippen LogP contribution in [0.25, 0.3) is 0 Å². The second kappa shape index (κ2) is 6.72. The number of ether oxygens (including phenoxy) is 1. The third kappa shape index (κ3) is 4.23. The minimum Gasteiger partial charge on any atom is -0.493 e. The van der Waals surface area contributed by atoms with E-state index in [2.05, 4.69) is 0 Å². The van der Waals surface area contributed by atoms with Gasteiger partial charge in [0.15, 0.2) is 0 Å². The average Bonchev–Trinajstić information content (AvgIpc) is 2.39. The van der Waals surface area contributed by atoms with E-state index in [0.29, 0.717) is 0 Å². The first kappa shape index (κ1) is 14.9. The largest absolute Gasteiger partial charge is 0.493 e. The lowest BCUT2D eigenvalue weighted by atomic mass is 10.1. The molecule has 0 spiro atoms. The molecular weight excluding hydrogens is 256 g/mol. The molecular formula is C12H14O7. The number of carbonyl (C=O) groups is 2. The Labute approximate surface area is 108 Å². The molecule has 4 N–H and O–H groups in total. The fourth-order valence-electron chi connectivity index (χ4n) is 1.31. The van der Waals surface area contributed by atoms with Crippen LogP contribution in [0.2, 0.25) is 0 Å². The van der Waals surface area contributed by atoms with Crippen LogP contribution in [0.15, 0.2) is 18.2 Å². The number of carboxylic acids is 2. The fraction of sp³-hybridized carbons (Fsp3) is 0.333. The van der Waals surface area contributed by atoms with Gasteiger partial charge in [0.2, 0.25) is 0 Å². The Morgan fingerprint density at radius 3 is 1.84 bits per heavy atom. The topological polar surface area (TPSA) is 124 Å². The van der Waals surface area contributed by atoms with Gasteiger partial charge in [0.05, 0.1) is 30.9 Å². The lowest BCUT2D eigenvalue weighted by Crippen LogP contribution is -2.20. The molecule has 0 bridgehead atoms.